The van der Waals surface area contributed by atoms with Crippen LogP contribution in [-0.2, 0) is 0 Å². The van der Waals surface area contributed by atoms with Gasteiger partial charge in [-0.05, 0) is 11.2 Å². The van der Waals surface area contributed by atoms with E-state index in [9.17, 15) is 0 Å². The van der Waals surface area contributed by atoms with Crippen molar-refractivity contribution in [3.63, 3.8) is 0 Å². The van der Waals surface area contributed by atoms with Gasteiger partial charge in [-0.3, -0.25) is 0 Å². The number of hydrogen-bond donors (Lipinski definition) is 0. The highest BCUT2D eigenvalue weighted by molar-refractivity contribution is 6.95. The van der Waals surface area contributed by atoms with Crippen LogP contribution >= 0.6 is 11.1 Å². The summed E-state index contributed by atoms with van der Waals surface area (Å²) in [5.74, 6) is 0. The zero-order chi connectivity index (χ0) is 9.99. The Morgan fingerprint density at radius 2 is 1.83 bits per heavy atom. The maximum atomic E-state index is 5.89. The molecule has 0 aliphatic rings. The maximum Gasteiger partial charge on any atom is 0.137 e. The van der Waals surface area contributed by atoms with E-state index in [1.54, 1.807) is 0 Å². The van der Waals surface area contributed by atoms with Crippen LogP contribution in [0.4, 0.5) is 0 Å². The minimum absolute atomic E-state index is 0.304. The van der Waals surface area contributed by atoms with Crippen molar-refractivity contribution < 1.29 is 0 Å². The zero-order valence-corrected chi connectivity index (χ0v) is 14.4. The van der Waals surface area contributed by atoms with Crippen molar-refractivity contribution >= 4 is 38.5 Å². The zero-order valence-electron chi connectivity index (χ0n) is 9.24. The van der Waals surface area contributed by atoms with Gasteiger partial charge in [0.05, 0.1) is 10.4 Å². The molecule has 0 amide bonds. The van der Waals surface area contributed by atoms with E-state index in [4.69, 9.17) is 11.1 Å². The Balaban J connectivity index is 4.38. The molecule has 0 aromatic rings. The van der Waals surface area contributed by atoms with Gasteiger partial charge in [0.15, 0.2) is 0 Å². The van der Waals surface area contributed by atoms with Crippen molar-refractivity contribution in [3.05, 3.63) is 0 Å². The van der Waals surface area contributed by atoms with Crippen LogP contribution in [-0.4, -0.2) is 37.9 Å². The van der Waals surface area contributed by atoms with E-state index in [0.717, 1.165) is 0 Å². The lowest BCUT2D eigenvalue weighted by Crippen LogP contribution is -2.54. The number of hydrogen-bond acceptors (Lipinski definition) is 1. The summed E-state index contributed by atoms with van der Waals surface area (Å²) in [6, 6.07) is 0. The van der Waals surface area contributed by atoms with E-state index >= 15 is 0 Å². The molecule has 5 heteroatoms. The topological polar surface area (TPSA) is 3.24 Å². The molecule has 0 spiro atoms. The second-order valence-electron chi connectivity index (χ2n) is 4.92. The van der Waals surface area contributed by atoms with Crippen LogP contribution in [0, 0.1) is 0 Å². The summed E-state index contributed by atoms with van der Waals surface area (Å²) >= 11 is 5.89. The number of halogens is 1. The molecule has 12 heavy (non-hydrogen) atoms. The third-order valence-corrected chi connectivity index (χ3v) is 15.5. The van der Waals surface area contributed by atoms with E-state index in [1.807, 2.05) is 0 Å². The summed E-state index contributed by atoms with van der Waals surface area (Å²) in [4.78, 5) is 0. The standard InChI is InChI=1S/C7H22ClNSi3/c1-7(2,3)12(4,5)9(10)6-11-8/h6,11H2,1-5,10H3. The van der Waals surface area contributed by atoms with Crippen LogP contribution in [0.2, 0.25) is 18.1 Å². The second-order valence-corrected chi connectivity index (χ2v) is 14.2. The van der Waals surface area contributed by atoms with Crippen LogP contribution in [0.25, 0.3) is 0 Å². The third kappa shape index (κ3) is 2.99. The van der Waals surface area contributed by atoms with Crippen molar-refractivity contribution in [2.45, 2.75) is 38.9 Å². The van der Waals surface area contributed by atoms with Crippen LogP contribution in [0.5, 0.6) is 0 Å². The lowest BCUT2D eigenvalue weighted by Gasteiger charge is -2.44. The van der Waals surface area contributed by atoms with Crippen molar-refractivity contribution in [2.24, 2.45) is 0 Å². The molecule has 0 saturated heterocycles. The van der Waals surface area contributed by atoms with Gasteiger partial charge < -0.3 is 4.23 Å². The van der Waals surface area contributed by atoms with Crippen molar-refractivity contribution in [3.8, 4) is 0 Å². The van der Waals surface area contributed by atoms with E-state index in [-0.39, 0.29) is 8.83 Å². The number of rotatable bonds is 3. The van der Waals surface area contributed by atoms with E-state index in [1.165, 1.54) is 16.6 Å². The summed E-state index contributed by atoms with van der Waals surface area (Å²) in [6.45, 7) is 12.0. The van der Waals surface area contributed by atoms with Gasteiger partial charge in [-0.25, -0.2) is 0 Å². The molecule has 0 atom stereocenters. The lowest BCUT2D eigenvalue weighted by atomic mass is 10.2. The first kappa shape index (κ1) is 12.9. The van der Waals surface area contributed by atoms with Gasteiger partial charge in [0.1, 0.15) is 17.1 Å². The molecule has 0 unspecified atom stereocenters. The Kier molecular flexibility index (Phi) is 4.74. The molecular formula is C7H22ClNSi3. The van der Waals surface area contributed by atoms with Gasteiger partial charge in [0.2, 0.25) is 0 Å². The van der Waals surface area contributed by atoms with Crippen molar-refractivity contribution in [1.29, 1.82) is 0 Å². The van der Waals surface area contributed by atoms with Gasteiger partial charge in [-0.2, -0.15) is 11.1 Å². The van der Waals surface area contributed by atoms with Gasteiger partial charge in [-0.1, -0.05) is 33.9 Å². The molecule has 74 valence electrons. The van der Waals surface area contributed by atoms with Gasteiger partial charge >= 0.3 is 0 Å². The summed E-state index contributed by atoms with van der Waals surface area (Å²) < 4.78 is 2.66. The monoisotopic (exact) mass is 239 g/mol. The van der Waals surface area contributed by atoms with Crippen LogP contribution in [0.3, 0.4) is 0 Å². The van der Waals surface area contributed by atoms with Crippen molar-refractivity contribution in [2.75, 3.05) is 6.17 Å². The molecule has 0 aromatic carbocycles. The number of nitrogens with zero attached hydrogens (tertiary/aromatic N) is 1. The highest BCUT2D eigenvalue weighted by atomic mass is 35.6. The van der Waals surface area contributed by atoms with Gasteiger partial charge in [0, 0.05) is 0 Å². The molecule has 0 aliphatic carbocycles. The second kappa shape index (κ2) is 4.41. The summed E-state index contributed by atoms with van der Waals surface area (Å²) in [5.41, 5.74) is 0. The average molecular weight is 240 g/mol. The first-order chi connectivity index (χ1) is 5.23. The fourth-order valence-corrected chi connectivity index (χ4v) is 9.67. The maximum absolute atomic E-state index is 5.89. The molecule has 0 saturated carbocycles. The lowest BCUT2D eigenvalue weighted by molar-refractivity contribution is 0.628. The Morgan fingerprint density at radius 3 is 2.08 bits per heavy atom. The highest BCUT2D eigenvalue weighted by Gasteiger charge is 2.38. The quantitative estimate of drug-likeness (QED) is 0.522. The Hall–Kier alpha value is 0.901. The summed E-state index contributed by atoms with van der Waals surface area (Å²) in [7, 11) is -0.304. The van der Waals surface area contributed by atoms with Crippen LogP contribution < -0.4 is 0 Å². The average Bonchev–Trinajstić information content (AvgIpc) is 1.85. The predicted molar refractivity (Wildman–Crippen MR) is 68.2 cm³/mol. The largest absolute Gasteiger partial charge is 0.354 e. The Labute approximate surface area is 88.0 Å². The first-order valence-corrected chi connectivity index (χ1v) is 11.5. The molecule has 0 bridgehead atoms. The minimum Gasteiger partial charge on any atom is -0.354 e. The van der Waals surface area contributed by atoms with Crippen LogP contribution in [0.15, 0.2) is 0 Å². The van der Waals surface area contributed by atoms with E-state index in [0.29, 0.717) is 5.04 Å². The first-order valence-electron chi connectivity index (χ1n) is 4.50. The van der Waals surface area contributed by atoms with Crippen molar-refractivity contribution in [1.82, 2.24) is 4.23 Å². The Morgan fingerprint density at radius 1 is 1.42 bits per heavy atom. The molecule has 0 heterocycles. The molecule has 0 rings (SSSR count). The molecule has 1 nitrogen and oxygen atoms in total. The molecule has 0 aliphatic heterocycles. The predicted octanol–water partition coefficient (Wildman–Crippen LogP) is 0.854. The Bertz CT molecular complexity index is 144. The molecule has 0 N–H and O–H groups in total. The molecule has 0 aromatic heterocycles. The fourth-order valence-electron chi connectivity index (χ4n) is 0.979. The highest BCUT2D eigenvalue weighted by Crippen LogP contribution is 2.36. The van der Waals surface area contributed by atoms with Gasteiger partial charge in [0.25, 0.3) is 0 Å². The van der Waals surface area contributed by atoms with E-state index in [2.05, 4.69) is 38.1 Å². The molecule has 0 radical (unpaired) electrons. The third-order valence-electron chi connectivity index (χ3n) is 3.21. The smallest absolute Gasteiger partial charge is 0.137 e. The molecule has 0 fully saturated rings. The summed E-state index contributed by atoms with van der Waals surface area (Å²) in [5, 5.41) is 0.481. The van der Waals surface area contributed by atoms with Gasteiger partial charge in [-0.15, -0.1) is 0 Å². The van der Waals surface area contributed by atoms with E-state index < -0.39 is 8.24 Å². The minimum atomic E-state index is -1.18. The molecular weight excluding hydrogens is 218 g/mol. The normalized spacial score (nSPS) is 15.2. The summed E-state index contributed by atoms with van der Waals surface area (Å²) in [6.07, 6.45) is 1.21. The fraction of sp³-hybridized carbons (Fsp3) is 1.00. The SMILES string of the molecule is CC(C)(C)[Si](C)(C)N([SiH3])C[SiH2]Cl. The van der Waals surface area contributed by atoms with Crippen LogP contribution in [0.1, 0.15) is 20.8 Å².